The molecule has 0 spiro atoms. The molecular weight excluding hydrogens is 452 g/mol. The molecule has 0 saturated carbocycles. The summed E-state index contributed by atoms with van der Waals surface area (Å²) in [7, 11) is 0. The van der Waals surface area contributed by atoms with E-state index in [-0.39, 0.29) is 0 Å². The lowest BCUT2D eigenvalue weighted by molar-refractivity contribution is 1.28. The number of benzene rings is 3. The van der Waals surface area contributed by atoms with Crippen LogP contribution in [0.1, 0.15) is 0 Å². The highest BCUT2D eigenvalue weighted by atomic mass is 15.1. The number of aromatic nitrogens is 3. The highest BCUT2D eigenvalue weighted by Crippen LogP contribution is 2.33. The first-order chi connectivity index (χ1) is 18.4. The molecule has 4 heteroatoms. The predicted octanol–water partition coefficient (Wildman–Crippen LogP) is 8.40. The van der Waals surface area contributed by atoms with Gasteiger partial charge in [-0.05, 0) is 72.8 Å². The summed E-state index contributed by atoms with van der Waals surface area (Å²) in [5.74, 6) is 0. The van der Waals surface area contributed by atoms with Crippen molar-refractivity contribution in [3.05, 3.63) is 183 Å². The summed E-state index contributed by atoms with van der Waals surface area (Å²) in [6.45, 7) is 0. The molecule has 3 aromatic heterocycles. The van der Waals surface area contributed by atoms with Crippen molar-refractivity contribution in [2.24, 2.45) is 0 Å². The van der Waals surface area contributed by atoms with Crippen molar-refractivity contribution >= 4 is 17.1 Å². The molecular formula is C33H30N4. The van der Waals surface area contributed by atoms with Gasteiger partial charge in [-0.2, -0.15) is 0 Å². The van der Waals surface area contributed by atoms with Gasteiger partial charge in [0, 0.05) is 54.2 Å². The third-order valence-corrected chi connectivity index (χ3v) is 4.74. The van der Waals surface area contributed by atoms with Crippen LogP contribution in [-0.2, 0) is 0 Å². The fourth-order valence-corrected chi connectivity index (χ4v) is 3.12. The lowest BCUT2D eigenvalue weighted by atomic mass is 10.2. The van der Waals surface area contributed by atoms with Gasteiger partial charge in [0.2, 0.25) is 0 Å². The molecule has 3 aromatic carbocycles. The van der Waals surface area contributed by atoms with E-state index in [2.05, 4.69) is 92.6 Å². The minimum atomic E-state index is 1.17. The molecule has 6 rings (SSSR count). The van der Waals surface area contributed by atoms with E-state index in [9.17, 15) is 0 Å². The zero-order valence-corrected chi connectivity index (χ0v) is 20.6. The minimum Gasteiger partial charge on any atom is -0.311 e. The van der Waals surface area contributed by atoms with Crippen molar-refractivity contribution in [1.29, 1.82) is 0 Å². The van der Waals surface area contributed by atoms with Gasteiger partial charge in [0.1, 0.15) is 0 Å². The molecule has 0 aliphatic carbocycles. The molecule has 0 aliphatic heterocycles. The summed E-state index contributed by atoms with van der Waals surface area (Å²) in [4.78, 5) is 13.6. The van der Waals surface area contributed by atoms with E-state index in [0.717, 1.165) is 0 Å². The molecule has 0 N–H and O–H groups in total. The number of nitrogens with zero attached hydrogens (tertiary/aromatic N) is 4. The van der Waals surface area contributed by atoms with Gasteiger partial charge in [-0.3, -0.25) is 15.0 Å². The Morgan fingerprint density at radius 1 is 0.270 bits per heavy atom. The van der Waals surface area contributed by atoms with Crippen LogP contribution < -0.4 is 4.90 Å². The molecule has 0 unspecified atom stereocenters. The Morgan fingerprint density at radius 2 is 0.486 bits per heavy atom. The number of hydrogen-bond donors (Lipinski definition) is 0. The maximum absolute atomic E-state index is 3.78. The van der Waals surface area contributed by atoms with Crippen molar-refractivity contribution in [3.63, 3.8) is 0 Å². The highest BCUT2D eigenvalue weighted by molar-refractivity contribution is 5.76. The van der Waals surface area contributed by atoms with Crippen molar-refractivity contribution in [1.82, 2.24) is 15.0 Å². The zero-order valence-electron chi connectivity index (χ0n) is 20.6. The molecule has 182 valence electrons. The van der Waals surface area contributed by atoms with Gasteiger partial charge in [0.25, 0.3) is 0 Å². The molecule has 6 aromatic rings. The first-order valence-electron chi connectivity index (χ1n) is 12.0. The largest absolute Gasteiger partial charge is 0.311 e. The second-order valence-electron chi connectivity index (χ2n) is 7.42. The van der Waals surface area contributed by atoms with Gasteiger partial charge >= 0.3 is 0 Å². The second kappa shape index (κ2) is 17.4. The van der Waals surface area contributed by atoms with Crippen LogP contribution in [0.15, 0.2) is 183 Å². The minimum absolute atomic E-state index is 1.17. The van der Waals surface area contributed by atoms with Crippen LogP contribution in [0.3, 0.4) is 0 Å². The summed E-state index contributed by atoms with van der Waals surface area (Å²) in [5.41, 5.74) is 3.50. The average Bonchev–Trinajstić information content (AvgIpc) is 3.03. The van der Waals surface area contributed by atoms with Gasteiger partial charge < -0.3 is 4.90 Å². The van der Waals surface area contributed by atoms with Crippen LogP contribution in [0, 0.1) is 0 Å². The molecule has 4 nitrogen and oxygen atoms in total. The molecule has 0 radical (unpaired) electrons. The summed E-state index contributed by atoms with van der Waals surface area (Å²) in [5, 5.41) is 0. The molecule has 0 amide bonds. The Morgan fingerprint density at radius 3 is 0.649 bits per heavy atom. The monoisotopic (exact) mass is 482 g/mol. The number of rotatable bonds is 3. The van der Waals surface area contributed by atoms with Gasteiger partial charge in [-0.25, -0.2) is 0 Å². The first kappa shape index (κ1) is 26.5. The zero-order chi connectivity index (χ0) is 25.6. The van der Waals surface area contributed by atoms with Crippen LogP contribution in [0.2, 0.25) is 0 Å². The van der Waals surface area contributed by atoms with Crippen molar-refractivity contribution < 1.29 is 0 Å². The van der Waals surface area contributed by atoms with Gasteiger partial charge in [-0.15, -0.1) is 0 Å². The maximum Gasteiger partial charge on any atom is 0.0461 e. The molecule has 0 aliphatic rings. The number of anilines is 3. The van der Waals surface area contributed by atoms with Gasteiger partial charge in [0.05, 0.1) is 0 Å². The van der Waals surface area contributed by atoms with Crippen LogP contribution >= 0.6 is 0 Å². The normalized spacial score (nSPS) is 9.08. The topological polar surface area (TPSA) is 41.9 Å². The third kappa shape index (κ3) is 10.8. The Labute approximate surface area is 219 Å². The molecule has 0 atom stereocenters. The van der Waals surface area contributed by atoms with Crippen molar-refractivity contribution in [3.8, 4) is 0 Å². The first-order valence-corrected chi connectivity index (χ1v) is 12.0. The average molecular weight is 483 g/mol. The predicted molar refractivity (Wildman–Crippen MR) is 154 cm³/mol. The Kier molecular flexibility index (Phi) is 12.4. The molecule has 0 saturated heterocycles. The molecule has 3 heterocycles. The van der Waals surface area contributed by atoms with Crippen molar-refractivity contribution in [2.45, 2.75) is 0 Å². The Hall–Kier alpha value is -5.09. The van der Waals surface area contributed by atoms with Crippen LogP contribution in [-0.4, -0.2) is 15.0 Å². The SMILES string of the molecule is c1ccc(N(c2ccccc2)c2ccccc2)cc1.c1ccncc1.c1ccncc1.c1ccncc1. The second-order valence-corrected chi connectivity index (χ2v) is 7.42. The summed E-state index contributed by atoms with van der Waals surface area (Å²) in [6.07, 6.45) is 10.5. The lowest BCUT2D eigenvalue weighted by Crippen LogP contribution is -2.09. The van der Waals surface area contributed by atoms with E-state index < -0.39 is 0 Å². The van der Waals surface area contributed by atoms with E-state index in [1.165, 1.54) is 17.1 Å². The lowest BCUT2D eigenvalue weighted by Gasteiger charge is -2.25. The standard InChI is InChI=1S/C18H15N.3C5H5N/c1-4-10-16(11-5-1)19(17-12-6-2-7-13-17)18-14-8-3-9-15-18;3*1-2-4-6-5-3-1/h1-15H;3*1-5H. The number of hydrogen-bond acceptors (Lipinski definition) is 4. The summed E-state index contributed by atoms with van der Waals surface area (Å²) in [6, 6.07) is 48.4. The quantitative estimate of drug-likeness (QED) is 0.254. The Balaban J connectivity index is 0.000000170. The van der Waals surface area contributed by atoms with Crippen LogP contribution in [0.5, 0.6) is 0 Å². The highest BCUT2D eigenvalue weighted by Gasteiger charge is 2.10. The summed E-state index contributed by atoms with van der Waals surface area (Å²) >= 11 is 0. The van der Waals surface area contributed by atoms with Crippen molar-refractivity contribution in [2.75, 3.05) is 4.90 Å². The molecule has 0 fully saturated rings. The fraction of sp³-hybridized carbons (Fsp3) is 0. The Bertz CT molecular complexity index is 1040. The smallest absolute Gasteiger partial charge is 0.0461 e. The molecule has 0 bridgehead atoms. The van der Waals surface area contributed by atoms with Gasteiger partial charge in [0.15, 0.2) is 0 Å². The summed E-state index contributed by atoms with van der Waals surface area (Å²) < 4.78 is 0. The van der Waals surface area contributed by atoms with Crippen LogP contribution in [0.4, 0.5) is 17.1 Å². The van der Waals surface area contributed by atoms with E-state index in [4.69, 9.17) is 0 Å². The fourth-order valence-electron chi connectivity index (χ4n) is 3.12. The van der Waals surface area contributed by atoms with E-state index in [0.29, 0.717) is 0 Å². The molecule has 37 heavy (non-hydrogen) atoms. The number of para-hydroxylation sites is 3. The van der Waals surface area contributed by atoms with Gasteiger partial charge in [-0.1, -0.05) is 72.8 Å². The van der Waals surface area contributed by atoms with E-state index in [1.54, 1.807) is 37.2 Å². The third-order valence-electron chi connectivity index (χ3n) is 4.74. The van der Waals surface area contributed by atoms with Crippen LogP contribution in [0.25, 0.3) is 0 Å². The van der Waals surface area contributed by atoms with E-state index >= 15 is 0 Å². The van der Waals surface area contributed by atoms with E-state index in [1.807, 2.05) is 72.8 Å². The maximum atomic E-state index is 3.78. The number of pyridine rings is 3.